The number of sulfonamides is 1. The summed E-state index contributed by atoms with van der Waals surface area (Å²) in [7, 11) is -2.93. The van der Waals surface area contributed by atoms with Gasteiger partial charge < -0.3 is 5.32 Å². The van der Waals surface area contributed by atoms with E-state index < -0.39 is 21.8 Å². The molecule has 0 saturated carbocycles. The highest BCUT2D eigenvalue weighted by Gasteiger charge is 2.27. The normalized spacial score (nSPS) is 11.0. The number of rotatable bonds is 4. The third kappa shape index (κ3) is 3.83. The minimum Gasteiger partial charge on any atom is -0.355 e. The molecule has 25 heavy (non-hydrogen) atoms. The monoisotopic (exact) mass is 380 g/mol. The number of aryl methyl sites for hydroxylation is 1. The molecule has 8 heteroatoms. The fraction of sp³-hybridized carbons (Fsp3) is 0.176. The predicted octanol–water partition coefficient (Wildman–Crippen LogP) is 2.44. The lowest BCUT2D eigenvalue weighted by atomic mass is 10.0. The van der Waals surface area contributed by atoms with Crippen molar-refractivity contribution in [2.24, 2.45) is 0 Å². The fourth-order valence-electron chi connectivity index (χ4n) is 2.30. The van der Waals surface area contributed by atoms with Crippen LogP contribution in [0.15, 0.2) is 41.3 Å². The van der Waals surface area contributed by atoms with Crippen LogP contribution in [-0.4, -0.2) is 27.3 Å². The van der Waals surface area contributed by atoms with Crippen LogP contribution in [0.4, 0.5) is 0 Å². The van der Waals surface area contributed by atoms with Crippen molar-refractivity contribution >= 4 is 33.4 Å². The maximum atomic E-state index is 12.6. The van der Waals surface area contributed by atoms with Crippen LogP contribution in [0.2, 0.25) is 5.02 Å². The Hall–Kier alpha value is -2.38. The van der Waals surface area contributed by atoms with Crippen molar-refractivity contribution in [1.29, 1.82) is 0 Å². The summed E-state index contributed by atoms with van der Waals surface area (Å²) in [6.07, 6.45) is 0. The van der Waals surface area contributed by atoms with E-state index in [-0.39, 0.29) is 21.0 Å². The Morgan fingerprint density at radius 3 is 2.28 bits per heavy atom. The SMILES string of the molecule is CNC(=O)c1c(Cl)cccc1S(=O)(=O)NC(=O)c1cccc(C)c1C. The minimum absolute atomic E-state index is 0.0265. The lowest BCUT2D eigenvalue weighted by Crippen LogP contribution is -2.33. The first-order chi connectivity index (χ1) is 11.7. The van der Waals surface area contributed by atoms with Gasteiger partial charge in [-0.2, -0.15) is 0 Å². The van der Waals surface area contributed by atoms with E-state index in [9.17, 15) is 18.0 Å². The van der Waals surface area contributed by atoms with Crippen LogP contribution in [0.3, 0.4) is 0 Å². The Labute approximate surface area is 151 Å². The summed E-state index contributed by atoms with van der Waals surface area (Å²) in [6, 6.07) is 9.03. The highest BCUT2D eigenvalue weighted by Crippen LogP contribution is 2.24. The van der Waals surface area contributed by atoms with Gasteiger partial charge in [-0.25, -0.2) is 13.1 Å². The average Bonchev–Trinajstić information content (AvgIpc) is 2.55. The Kier molecular flexibility index (Phi) is 5.49. The van der Waals surface area contributed by atoms with Crippen LogP contribution in [0.1, 0.15) is 31.8 Å². The van der Waals surface area contributed by atoms with Gasteiger partial charge in [-0.05, 0) is 43.2 Å². The average molecular weight is 381 g/mol. The summed E-state index contributed by atoms with van der Waals surface area (Å²) in [5, 5.41) is 2.31. The summed E-state index contributed by atoms with van der Waals surface area (Å²) in [5.41, 5.74) is 1.56. The third-order valence-corrected chi connectivity index (χ3v) is 5.48. The fourth-order valence-corrected chi connectivity index (χ4v) is 3.81. The number of amides is 2. The molecule has 0 atom stereocenters. The Balaban J connectivity index is 2.47. The Bertz CT molecular complexity index is 955. The molecule has 2 aromatic carbocycles. The number of benzene rings is 2. The molecule has 0 aromatic heterocycles. The molecular weight excluding hydrogens is 364 g/mol. The highest BCUT2D eigenvalue weighted by atomic mass is 35.5. The van der Waals surface area contributed by atoms with E-state index in [2.05, 4.69) is 5.32 Å². The molecule has 0 saturated heterocycles. The van der Waals surface area contributed by atoms with Gasteiger partial charge in [0, 0.05) is 12.6 Å². The van der Waals surface area contributed by atoms with Crippen molar-refractivity contribution < 1.29 is 18.0 Å². The van der Waals surface area contributed by atoms with Crippen molar-refractivity contribution in [1.82, 2.24) is 10.0 Å². The zero-order valence-electron chi connectivity index (χ0n) is 13.9. The maximum absolute atomic E-state index is 12.6. The van der Waals surface area contributed by atoms with Gasteiger partial charge in [0.05, 0.1) is 10.6 Å². The van der Waals surface area contributed by atoms with Crippen molar-refractivity contribution in [3.63, 3.8) is 0 Å². The summed E-state index contributed by atoms with van der Waals surface area (Å²) in [5.74, 6) is -1.44. The molecule has 2 N–H and O–H groups in total. The van der Waals surface area contributed by atoms with Crippen molar-refractivity contribution in [2.75, 3.05) is 7.05 Å². The molecule has 2 amide bonds. The number of hydrogen-bond donors (Lipinski definition) is 2. The van der Waals surface area contributed by atoms with Gasteiger partial charge >= 0.3 is 0 Å². The second-order valence-corrected chi connectivity index (χ2v) is 7.43. The van der Waals surface area contributed by atoms with Gasteiger partial charge in [0.25, 0.3) is 21.8 Å². The Morgan fingerprint density at radius 1 is 1.00 bits per heavy atom. The summed E-state index contributed by atoms with van der Waals surface area (Å²) < 4.78 is 27.3. The lowest BCUT2D eigenvalue weighted by molar-refractivity contribution is 0.0954. The van der Waals surface area contributed by atoms with E-state index in [0.29, 0.717) is 5.56 Å². The maximum Gasteiger partial charge on any atom is 0.265 e. The van der Waals surface area contributed by atoms with Gasteiger partial charge in [-0.15, -0.1) is 0 Å². The number of nitrogens with one attached hydrogen (secondary N) is 2. The van der Waals surface area contributed by atoms with Crippen LogP contribution >= 0.6 is 11.6 Å². The van der Waals surface area contributed by atoms with E-state index >= 15 is 0 Å². The summed E-state index contributed by atoms with van der Waals surface area (Å²) >= 11 is 5.97. The second-order valence-electron chi connectivity index (χ2n) is 5.37. The molecule has 0 aliphatic carbocycles. The van der Waals surface area contributed by atoms with Crippen LogP contribution in [0.5, 0.6) is 0 Å². The minimum atomic E-state index is -4.29. The molecule has 0 fully saturated rings. The van der Waals surface area contributed by atoms with Crippen molar-refractivity contribution in [3.05, 3.63) is 63.7 Å². The molecule has 0 heterocycles. The van der Waals surface area contributed by atoms with Gasteiger partial charge in [-0.3, -0.25) is 9.59 Å². The first-order valence-electron chi connectivity index (χ1n) is 7.33. The molecular formula is C17H17ClN2O4S. The third-order valence-electron chi connectivity index (χ3n) is 3.80. The van der Waals surface area contributed by atoms with Crippen LogP contribution in [0, 0.1) is 13.8 Å². The molecule has 0 unspecified atom stereocenters. The van der Waals surface area contributed by atoms with E-state index in [0.717, 1.165) is 5.56 Å². The van der Waals surface area contributed by atoms with Crippen LogP contribution in [-0.2, 0) is 10.0 Å². The number of carbonyl (C=O) groups excluding carboxylic acids is 2. The lowest BCUT2D eigenvalue weighted by Gasteiger charge is -2.13. The van der Waals surface area contributed by atoms with Gasteiger partial charge in [0.15, 0.2) is 0 Å². The number of carbonyl (C=O) groups is 2. The van der Waals surface area contributed by atoms with E-state index in [1.54, 1.807) is 13.0 Å². The first kappa shape index (κ1) is 19.0. The quantitative estimate of drug-likeness (QED) is 0.852. The van der Waals surface area contributed by atoms with Crippen LogP contribution in [0.25, 0.3) is 0 Å². The van der Waals surface area contributed by atoms with Crippen molar-refractivity contribution in [2.45, 2.75) is 18.7 Å². The molecule has 0 spiro atoms. The standard InChI is InChI=1S/C17H17ClN2O4S/c1-10-6-4-7-12(11(10)2)16(21)20-25(23,24)14-9-5-8-13(18)15(14)17(22)19-3/h4-9H,1-3H3,(H,19,22)(H,20,21). The van der Waals surface area contributed by atoms with Gasteiger partial charge in [0.1, 0.15) is 4.90 Å². The molecule has 132 valence electrons. The smallest absolute Gasteiger partial charge is 0.265 e. The molecule has 0 aliphatic rings. The van der Waals surface area contributed by atoms with Crippen molar-refractivity contribution in [3.8, 4) is 0 Å². The molecule has 0 aliphatic heterocycles. The van der Waals surface area contributed by atoms with Crippen LogP contribution < -0.4 is 10.0 Å². The molecule has 0 bridgehead atoms. The number of hydrogen-bond acceptors (Lipinski definition) is 4. The first-order valence-corrected chi connectivity index (χ1v) is 9.19. The second kappa shape index (κ2) is 7.25. The predicted molar refractivity (Wildman–Crippen MR) is 95.4 cm³/mol. The summed E-state index contributed by atoms with van der Waals surface area (Å²) in [6.45, 7) is 3.55. The van der Waals surface area contributed by atoms with Gasteiger partial charge in [0.2, 0.25) is 0 Å². The Morgan fingerprint density at radius 2 is 1.64 bits per heavy atom. The van der Waals surface area contributed by atoms with E-state index in [1.165, 1.54) is 31.3 Å². The molecule has 2 rings (SSSR count). The molecule has 0 radical (unpaired) electrons. The number of halogens is 1. The largest absolute Gasteiger partial charge is 0.355 e. The highest BCUT2D eigenvalue weighted by molar-refractivity contribution is 7.90. The zero-order chi connectivity index (χ0) is 18.8. The molecule has 6 nitrogen and oxygen atoms in total. The van der Waals surface area contributed by atoms with Gasteiger partial charge in [-0.1, -0.05) is 29.8 Å². The van der Waals surface area contributed by atoms with E-state index in [4.69, 9.17) is 11.6 Å². The summed E-state index contributed by atoms with van der Waals surface area (Å²) in [4.78, 5) is 24.0. The zero-order valence-corrected chi connectivity index (χ0v) is 15.5. The topological polar surface area (TPSA) is 92.3 Å². The van der Waals surface area contributed by atoms with E-state index in [1.807, 2.05) is 17.7 Å². The molecule has 2 aromatic rings.